The lowest BCUT2D eigenvalue weighted by molar-refractivity contribution is 0.274. The van der Waals surface area contributed by atoms with Crippen LogP contribution in [0.1, 0.15) is 23.9 Å². The van der Waals surface area contributed by atoms with Crippen LogP contribution in [-0.2, 0) is 18.5 Å². The van der Waals surface area contributed by atoms with Gasteiger partial charge in [-0.05, 0) is 37.6 Å². The molecule has 2 aromatic rings. The van der Waals surface area contributed by atoms with Crippen LogP contribution in [0.25, 0.3) is 0 Å². The highest BCUT2D eigenvalue weighted by Gasteiger charge is 2.09. The van der Waals surface area contributed by atoms with E-state index in [4.69, 9.17) is 9.47 Å². The molecule has 0 saturated carbocycles. The van der Waals surface area contributed by atoms with Crippen LogP contribution < -0.4 is 9.47 Å². The van der Waals surface area contributed by atoms with Gasteiger partial charge in [0.15, 0.2) is 11.5 Å². The van der Waals surface area contributed by atoms with Crippen molar-refractivity contribution in [3.63, 3.8) is 0 Å². The number of aryl methyl sites for hydroxylation is 2. The van der Waals surface area contributed by atoms with Gasteiger partial charge in [-0.15, -0.1) is 0 Å². The summed E-state index contributed by atoms with van der Waals surface area (Å²) in [6, 6.07) is 7.99. The van der Waals surface area contributed by atoms with Gasteiger partial charge >= 0.3 is 0 Å². The Morgan fingerprint density at radius 1 is 1.25 bits per heavy atom. The third-order valence-electron chi connectivity index (χ3n) is 3.04. The molecule has 2 rings (SSSR count). The molecule has 0 aliphatic heterocycles. The van der Waals surface area contributed by atoms with Crippen molar-refractivity contribution in [3.8, 4) is 11.5 Å². The number of hydrogen-bond donors (Lipinski definition) is 0. The molecule has 1 aromatic heterocycles. The summed E-state index contributed by atoms with van der Waals surface area (Å²) in [7, 11) is 1.65. The second kappa shape index (κ2) is 6.79. The van der Waals surface area contributed by atoms with Crippen molar-refractivity contribution in [2.24, 2.45) is 0 Å². The Balaban J connectivity index is 2.14. The lowest BCUT2D eigenvalue weighted by Gasteiger charge is -2.12. The minimum Gasteiger partial charge on any atom is -0.493 e. The van der Waals surface area contributed by atoms with E-state index in [0.717, 1.165) is 40.3 Å². The van der Waals surface area contributed by atoms with Crippen LogP contribution in [-0.4, -0.2) is 16.9 Å². The van der Waals surface area contributed by atoms with Gasteiger partial charge in [0, 0.05) is 11.9 Å². The first-order valence-electron chi connectivity index (χ1n) is 6.57. The fourth-order valence-corrected chi connectivity index (χ4v) is 2.40. The van der Waals surface area contributed by atoms with Crippen molar-refractivity contribution in [1.82, 2.24) is 9.78 Å². The fraction of sp³-hybridized carbons (Fsp3) is 0.400. The summed E-state index contributed by atoms with van der Waals surface area (Å²) in [5, 5.41) is 5.21. The first-order valence-corrected chi connectivity index (χ1v) is 7.69. The molecular weight excluding hydrogens is 320 g/mol. The quantitative estimate of drug-likeness (QED) is 0.753. The number of aromatic nitrogens is 2. The van der Waals surface area contributed by atoms with E-state index in [1.165, 1.54) is 0 Å². The van der Waals surface area contributed by atoms with Crippen LogP contribution in [0.3, 0.4) is 0 Å². The van der Waals surface area contributed by atoms with Crippen molar-refractivity contribution < 1.29 is 9.47 Å². The number of hydrogen-bond acceptors (Lipinski definition) is 3. The Hall–Kier alpha value is -1.49. The van der Waals surface area contributed by atoms with Gasteiger partial charge in [0.2, 0.25) is 0 Å². The molecule has 0 spiro atoms. The minimum absolute atomic E-state index is 0.485. The van der Waals surface area contributed by atoms with E-state index in [1.54, 1.807) is 7.11 Å². The Labute approximate surface area is 127 Å². The van der Waals surface area contributed by atoms with E-state index in [-0.39, 0.29) is 0 Å². The molecule has 0 amide bonds. The number of nitrogens with zero attached hydrogens (tertiary/aromatic N) is 2. The summed E-state index contributed by atoms with van der Waals surface area (Å²) < 4.78 is 13.2. The molecule has 0 fully saturated rings. The van der Waals surface area contributed by atoms with E-state index >= 15 is 0 Å². The van der Waals surface area contributed by atoms with Gasteiger partial charge in [-0.25, -0.2) is 0 Å². The standard InChI is InChI=1S/C15H19BrN2O2/c1-4-18-13(7-11(2)17-18)10-20-14-6-5-12(9-16)8-15(14)19-3/h5-8H,4,9-10H2,1-3H3. The van der Waals surface area contributed by atoms with Crippen LogP contribution in [0.5, 0.6) is 11.5 Å². The average molecular weight is 339 g/mol. The highest BCUT2D eigenvalue weighted by molar-refractivity contribution is 9.08. The Kier molecular flexibility index (Phi) is 5.06. The first kappa shape index (κ1) is 14.9. The topological polar surface area (TPSA) is 36.3 Å². The molecule has 20 heavy (non-hydrogen) atoms. The molecular formula is C15H19BrN2O2. The number of rotatable bonds is 6. The number of benzene rings is 1. The predicted octanol–water partition coefficient (Wildman–Crippen LogP) is 3.69. The molecule has 0 atom stereocenters. The molecule has 0 aliphatic carbocycles. The molecule has 0 aliphatic rings. The zero-order valence-corrected chi connectivity index (χ0v) is 13.6. The molecule has 0 bridgehead atoms. The normalized spacial score (nSPS) is 10.6. The van der Waals surface area contributed by atoms with E-state index in [1.807, 2.05) is 35.9 Å². The number of halogens is 1. The van der Waals surface area contributed by atoms with Crippen molar-refractivity contribution >= 4 is 15.9 Å². The van der Waals surface area contributed by atoms with Gasteiger partial charge in [-0.2, -0.15) is 5.10 Å². The van der Waals surface area contributed by atoms with Crippen LogP contribution in [0.2, 0.25) is 0 Å². The van der Waals surface area contributed by atoms with Crippen LogP contribution in [0.15, 0.2) is 24.3 Å². The summed E-state index contributed by atoms with van der Waals surface area (Å²) in [4.78, 5) is 0. The van der Waals surface area contributed by atoms with Crippen molar-refractivity contribution in [1.29, 1.82) is 0 Å². The highest BCUT2D eigenvalue weighted by atomic mass is 79.9. The molecule has 1 aromatic carbocycles. The van der Waals surface area contributed by atoms with Gasteiger partial charge in [0.05, 0.1) is 18.5 Å². The summed E-state index contributed by atoms with van der Waals surface area (Å²) in [5.74, 6) is 1.50. The second-order valence-corrected chi connectivity index (χ2v) is 5.06. The summed E-state index contributed by atoms with van der Waals surface area (Å²) in [6.07, 6.45) is 0. The minimum atomic E-state index is 0.485. The van der Waals surface area contributed by atoms with E-state index in [0.29, 0.717) is 6.61 Å². The maximum Gasteiger partial charge on any atom is 0.161 e. The lowest BCUT2D eigenvalue weighted by Crippen LogP contribution is -2.06. The molecule has 4 nitrogen and oxygen atoms in total. The molecule has 108 valence electrons. The van der Waals surface area contributed by atoms with Crippen molar-refractivity contribution in [2.45, 2.75) is 32.3 Å². The van der Waals surface area contributed by atoms with Crippen molar-refractivity contribution in [2.75, 3.05) is 7.11 Å². The van der Waals surface area contributed by atoms with Gasteiger partial charge in [0.1, 0.15) is 6.61 Å². The van der Waals surface area contributed by atoms with Crippen molar-refractivity contribution in [3.05, 3.63) is 41.2 Å². The number of ether oxygens (including phenoxy) is 2. The molecule has 0 radical (unpaired) electrons. The Morgan fingerprint density at radius 3 is 2.70 bits per heavy atom. The maximum absolute atomic E-state index is 5.87. The number of methoxy groups -OCH3 is 1. The van der Waals surface area contributed by atoms with Gasteiger partial charge < -0.3 is 9.47 Å². The molecule has 0 unspecified atom stereocenters. The largest absolute Gasteiger partial charge is 0.493 e. The zero-order chi connectivity index (χ0) is 14.5. The van der Waals surface area contributed by atoms with Gasteiger partial charge in [-0.3, -0.25) is 4.68 Å². The third-order valence-corrected chi connectivity index (χ3v) is 3.69. The highest BCUT2D eigenvalue weighted by Crippen LogP contribution is 2.29. The second-order valence-electron chi connectivity index (χ2n) is 4.50. The fourth-order valence-electron chi connectivity index (χ4n) is 2.06. The van der Waals surface area contributed by atoms with Crippen LogP contribution in [0, 0.1) is 6.92 Å². The summed E-state index contributed by atoms with van der Waals surface area (Å²) >= 11 is 3.43. The average Bonchev–Trinajstić information content (AvgIpc) is 2.85. The SMILES string of the molecule is CCn1nc(C)cc1COc1ccc(CBr)cc1OC. The van der Waals surface area contributed by atoms with Gasteiger partial charge in [0.25, 0.3) is 0 Å². The first-order chi connectivity index (χ1) is 9.67. The third kappa shape index (κ3) is 3.33. The molecule has 0 N–H and O–H groups in total. The van der Waals surface area contributed by atoms with Gasteiger partial charge in [-0.1, -0.05) is 22.0 Å². The Morgan fingerprint density at radius 2 is 2.05 bits per heavy atom. The van der Waals surface area contributed by atoms with Crippen LogP contribution in [0.4, 0.5) is 0 Å². The van der Waals surface area contributed by atoms with E-state index in [2.05, 4.69) is 28.0 Å². The Bertz CT molecular complexity index is 581. The smallest absolute Gasteiger partial charge is 0.161 e. The summed E-state index contributed by atoms with van der Waals surface area (Å²) in [5.41, 5.74) is 3.23. The molecule has 1 heterocycles. The molecule has 5 heteroatoms. The monoisotopic (exact) mass is 338 g/mol. The predicted molar refractivity (Wildman–Crippen MR) is 82.6 cm³/mol. The molecule has 0 saturated heterocycles. The number of alkyl halides is 1. The maximum atomic E-state index is 5.87. The zero-order valence-electron chi connectivity index (χ0n) is 12.0. The summed E-state index contributed by atoms with van der Waals surface area (Å²) in [6.45, 7) is 5.38. The van der Waals surface area contributed by atoms with E-state index in [9.17, 15) is 0 Å². The lowest BCUT2D eigenvalue weighted by atomic mass is 10.2. The van der Waals surface area contributed by atoms with Crippen LogP contribution >= 0.6 is 15.9 Å². The van der Waals surface area contributed by atoms with E-state index < -0.39 is 0 Å².